The molecule has 270 valence electrons. The highest BCUT2D eigenvalue weighted by Crippen LogP contribution is 2.38. The second-order valence-corrected chi connectivity index (χ2v) is 12.5. The third-order valence-electron chi connectivity index (χ3n) is 9.18. The van der Waals surface area contributed by atoms with E-state index in [0.29, 0.717) is 33.7 Å². The minimum Gasteiger partial charge on any atom is -0.498 e. The fourth-order valence-corrected chi connectivity index (χ4v) is 6.11. The zero-order valence-corrected chi connectivity index (χ0v) is 30.1. The molecule has 1 amide bonds. The molecular formula is C39H42N6O7. The van der Waals surface area contributed by atoms with E-state index in [1.165, 1.54) is 35.7 Å². The molecule has 0 bridgehead atoms. The maximum absolute atomic E-state index is 13.4. The second-order valence-electron chi connectivity index (χ2n) is 12.5. The number of aromatic nitrogens is 4. The molecule has 1 N–H and O–H groups in total. The first kappa shape index (κ1) is 36.0. The van der Waals surface area contributed by atoms with Crippen molar-refractivity contribution in [3.05, 3.63) is 111 Å². The van der Waals surface area contributed by atoms with E-state index in [1.807, 2.05) is 19.1 Å². The van der Waals surface area contributed by atoms with Crippen LogP contribution in [0.2, 0.25) is 0 Å². The van der Waals surface area contributed by atoms with Crippen molar-refractivity contribution in [3.63, 3.8) is 0 Å². The molecule has 0 saturated heterocycles. The number of anilines is 1. The van der Waals surface area contributed by atoms with Gasteiger partial charge in [-0.15, -0.1) is 15.0 Å². The summed E-state index contributed by atoms with van der Waals surface area (Å²) in [5.74, 6) is 1.06. The lowest BCUT2D eigenvalue weighted by atomic mass is 9.99. The minimum absolute atomic E-state index is 0.0879. The summed E-state index contributed by atoms with van der Waals surface area (Å²) in [6.07, 6.45) is 3.89. The van der Waals surface area contributed by atoms with E-state index in [9.17, 15) is 9.59 Å². The van der Waals surface area contributed by atoms with Crippen LogP contribution in [-0.2, 0) is 15.9 Å². The molecule has 0 aliphatic carbocycles. The number of para-hydroxylation sites is 1. The van der Waals surface area contributed by atoms with E-state index in [4.69, 9.17) is 23.4 Å². The van der Waals surface area contributed by atoms with E-state index in [0.717, 1.165) is 50.0 Å². The molecule has 3 aromatic carbocycles. The Morgan fingerprint density at radius 1 is 1.02 bits per heavy atom. The maximum Gasteiger partial charge on any atom is 0.291 e. The van der Waals surface area contributed by atoms with E-state index in [2.05, 4.69) is 50.8 Å². The number of ether oxygens (including phenoxy) is 4. The topological polar surface area (TPSA) is 143 Å². The Morgan fingerprint density at radius 2 is 1.77 bits per heavy atom. The predicted octanol–water partition coefficient (Wildman–Crippen LogP) is 5.84. The largest absolute Gasteiger partial charge is 0.498 e. The number of nitrogens with one attached hydrogen (secondary N) is 1. The van der Waals surface area contributed by atoms with Crippen molar-refractivity contribution in [2.24, 2.45) is 0 Å². The fourth-order valence-electron chi connectivity index (χ4n) is 6.11. The average Bonchev–Trinajstić information content (AvgIpc) is 3.66. The lowest BCUT2D eigenvalue weighted by molar-refractivity contribution is 0.0914. The van der Waals surface area contributed by atoms with Gasteiger partial charge in [-0.2, -0.15) is 0 Å². The summed E-state index contributed by atoms with van der Waals surface area (Å²) in [6.45, 7) is 6.97. The van der Waals surface area contributed by atoms with Crippen LogP contribution in [0.5, 0.6) is 11.5 Å². The zero-order chi connectivity index (χ0) is 36.8. The number of rotatable bonds is 13. The highest BCUT2D eigenvalue weighted by Gasteiger charge is 2.22. The highest BCUT2D eigenvalue weighted by molar-refractivity contribution is 6.05. The Kier molecular flexibility index (Phi) is 11.1. The van der Waals surface area contributed by atoms with Crippen molar-refractivity contribution in [1.82, 2.24) is 25.1 Å². The van der Waals surface area contributed by atoms with Crippen LogP contribution in [0.3, 0.4) is 0 Å². The normalized spacial score (nSPS) is 14.4. The van der Waals surface area contributed by atoms with Gasteiger partial charge in [0.2, 0.25) is 5.82 Å². The number of tetrazole rings is 1. The third kappa shape index (κ3) is 7.90. The molecule has 13 nitrogen and oxygen atoms in total. The number of fused-ring (bicyclic) bond motifs is 1. The van der Waals surface area contributed by atoms with Crippen LogP contribution in [0.25, 0.3) is 28.0 Å². The van der Waals surface area contributed by atoms with E-state index >= 15 is 0 Å². The van der Waals surface area contributed by atoms with Gasteiger partial charge in [-0.3, -0.25) is 14.5 Å². The van der Waals surface area contributed by atoms with Crippen molar-refractivity contribution in [2.45, 2.75) is 32.8 Å². The first-order valence-electron chi connectivity index (χ1n) is 16.9. The number of hydrogen-bond acceptors (Lipinski definition) is 11. The Bertz CT molecular complexity index is 2190. The Hall–Kier alpha value is -5.79. The van der Waals surface area contributed by atoms with Gasteiger partial charge in [0.15, 0.2) is 22.7 Å². The lowest BCUT2D eigenvalue weighted by Crippen LogP contribution is -2.32. The van der Waals surface area contributed by atoms with Gasteiger partial charge < -0.3 is 28.7 Å². The average molecular weight is 707 g/mol. The van der Waals surface area contributed by atoms with Crippen molar-refractivity contribution in [2.75, 3.05) is 53.4 Å². The molecule has 52 heavy (non-hydrogen) atoms. The SMILES string of the molecule is CO/C(=C/C1=C(C)CN(CCc2ccc(-n3nnc(-c4cc(OC)c(OC)cc4NC(=O)c4cc(=O)c5ccccc5o4)n3)cc2)CC1)C(C)OC. The van der Waals surface area contributed by atoms with Crippen LogP contribution in [0.4, 0.5) is 5.69 Å². The van der Waals surface area contributed by atoms with Crippen LogP contribution in [0.1, 0.15) is 36.4 Å². The van der Waals surface area contributed by atoms with Gasteiger partial charge in [0.05, 0.1) is 43.7 Å². The monoisotopic (exact) mass is 706 g/mol. The van der Waals surface area contributed by atoms with Gasteiger partial charge in [0.1, 0.15) is 17.4 Å². The summed E-state index contributed by atoms with van der Waals surface area (Å²) in [7, 11) is 6.37. The van der Waals surface area contributed by atoms with Gasteiger partial charge in [0, 0.05) is 38.9 Å². The predicted molar refractivity (Wildman–Crippen MR) is 197 cm³/mol. The zero-order valence-electron chi connectivity index (χ0n) is 30.1. The molecule has 6 rings (SSSR count). The number of methoxy groups -OCH3 is 4. The summed E-state index contributed by atoms with van der Waals surface area (Å²) in [5.41, 5.74) is 5.27. The van der Waals surface area contributed by atoms with Gasteiger partial charge in [-0.25, -0.2) is 0 Å². The molecule has 3 heterocycles. The summed E-state index contributed by atoms with van der Waals surface area (Å²) in [5, 5.41) is 16.4. The maximum atomic E-state index is 13.4. The highest BCUT2D eigenvalue weighted by atomic mass is 16.5. The molecule has 1 aliphatic rings. The number of carbonyl (C=O) groups excluding carboxylic acids is 1. The van der Waals surface area contributed by atoms with Crippen LogP contribution in [-0.4, -0.2) is 85.2 Å². The molecular weight excluding hydrogens is 664 g/mol. The standard InChI is InChI=1S/C39H42N6O7/c1-24-23-44(18-16-27(24)19-34(49-4)25(2)48-3)17-15-26-11-13-28(14-12-26)45-42-38(41-43-45)30-20-35(50-5)36(51-6)21-31(30)40-39(47)37-22-32(46)29-9-7-8-10-33(29)52-37/h7-14,19-22,25H,15-18,23H2,1-6H3,(H,40,47)/b34-19+. The lowest BCUT2D eigenvalue weighted by Gasteiger charge is -2.29. The van der Waals surface area contributed by atoms with Gasteiger partial charge in [-0.1, -0.05) is 29.8 Å². The smallest absolute Gasteiger partial charge is 0.291 e. The number of amides is 1. The molecule has 0 fully saturated rings. The fraction of sp³-hybridized carbons (Fsp3) is 0.308. The van der Waals surface area contributed by atoms with Crippen molar-refractivity contribution in [3.8, 4) is 28.6 Å². The summed E-state index contributed by atoms with van der Waals surface area (Å²) < 4.78 is 27.8. The Morgan fingerprint density at radius 3 is 2.48 bits per heavy atom. The van der Waals surface area contributed by atoms with Gasteiger partial charge in [0.25, 0.3) is 5.91 Å². The summed E-state index contributed by atoms with van der Waals surface area (Å²) in [4.78, 5) is 29.9. The summed E-state index contributed by atoms with van der Waals surface area (Å²) in [6, 6.07) is 19.2. The number of hydrogen-bond donors (Lipinski definition) is 1. The Balaban J connectivity index is 1.16. The molecule has 0 saturated carbocycles. The molecule has 0 spiro atoms. The number of benzene rings is 3. The first-order valence-corrected chi connectivity index (χ1v) is 16.9. The number of carbonyl (C=O) groups is 1. The van der Waals surface area contributed by atoms with Crippen molar-refractivity contribution >= 4 is 22.6 Å². The molecule has 1 unspecified atom stereocenters. The quantitative estimate of drug-likeness (QED) is 0.148. The second kappa shape index (κ2) is 16.0. The number of nitrogens with zero attached hydrogens (tertiary/aromatic N) is 5. The molecule has 5 aromatic rings. The first-order chi connectivity index (χ1) is 25.2. The summed E-state index contributed by atoms with van der Waals surface area (Å²) >= 11 is 0. The molecule has 13 heteroatoms. The Labute approximate surface area is 301 Å². The van der Waals surface area contributed by atoms with E-state index < -0.39 is 5.91 Å². The van der Waals surface area contributed by atoms with Crippen LogP contribution >= 0.6 is 0 Å². The van der Waals surface area contributed by atoms with E-state index in [1.54, 1.807) is 50.6 Å². The van der Waals surface area contributed by atoms with Crippen LogP contribution in [0.15, 0.2) is 98.9 Å². The van der Waals surface area contributed by atoms with Gasteiger partial charge >= 0.3 is 0 Å². The molecule has 1 aliphatic heterocycles. The van der Waals surface area contributed by atoms with Crippen LogP contribution in [0, 0.1) is 0 Å². The number of allylic oxidation sites excluding steroid dienone is 1. The minimum atomic E-state index is -0.635. The van der Waals surface area contributed by atoms with Gasteiger partial charge in [-0.05, 0) is 79.4 Å². The van der Waals surface area contributed by atoms with Crippen molar-refractivity contribution in [1.29, 1.82) is 0 Å². The third-order valence-corrected chi connectivity index (χ3v) is 9.18. The molecule has 2 aromatic heterocycles. The van der Waals surface area contributed by atoms with E-state index in [-0.39, 0.29) is 23.1 Å². The molecule has 0 radical (unpaired) electrons. The van der Waals surface area contributed by atoms with Crippen molar-refractivity contribution < 1.29 is 28.2 Å². The molecule has 1 atom stereocenters. The van der Waals surface area contributed by atoms with Crippen LogP contribution < -0.4 is 20.2 Å².